The summed E-state index contributed by atoms with van der Waals surface area (Å²) in [7, 11) is 0. The van der Waals surface area contributed by atoms with Crippen molar-refractivity contribution in [3.8, 4) is 0 Å². The molecule has 0 saturated heterocycles. The van der Waals surface area contributed by atoms with Crippen LogP contribution in [0.4, 0.5) is 5.69 Å². The van der Waals surface area contributed by atoms with Crippen molar-refractivity contribution in [2.24, 2.45) is 10.7 Å². The van der Waals surface area contributed by atoms with Crippen molar-refractivity contribution in [2.45, 2.75) is 25.8 Å². The second kappa shape index (κ2) is 5.97. The minimum atomic E-state index is 0.465. The Kier molecular flexibility index (Phi) is 4.08. The summed E-state index contributed by atoms with van der Waals surface area (Å²) in [6.07, 6.45) is 3.63. The van der Waals surface area contributed by atoms with Crippen LogP contribution in [0.3, 0.4) is 0 Å². The molecule has 1 aliphatic carbocycles. The molecule has 0 amide bonds. The Bertz CT molecular complexity index is 648. The van der Waals surface area contributed by atoms with Gasteiger partial charge in [0, 0.05) is 10.6 Å². The van der Waals surface area contributed by atoms with Gasteiger partial charge in [-0.3, -0.25) is 0 Å². The summed E-state index contributed by atoms with van der Waals surface area (Å²) in [6.45, 7) is 0.611. The summed E-state index contributed by atoms with van der Waals surface area (Å²) >= 11 is 5.12. The molecule has 3 N–H and O–H groups in total. The molecular weight excluding hydrogens is 334 g/mol. The van der Waals surface area contributed by atoms with Gasteiger partial charge in [0.2, 0.25) is 0 Å². The summed E-state index contributed by atoms with van der Waals surface area (Å²) in [5.41, 5.74) is 9.87. The van der Waals surface area contributed by atoms with Crippen molar-refractivity contribution in [3.05, 3.63) is 50.1 Å². The number of nitrogens with one attached hydrogen (secondary N) is 1. The lowest BCUT2D eigenvalue weighted by molar-refractivity contribution is 0.912. The van der Waals surface area contributed by atoms with Gasteiger partial charge in [-0.15, -0.1) is 11.3 Å². The van der Waals surface area contributed by atoms with Gasteiger partial charge in [-0.05, 0) is 70.6 Å². The van der Waals surface area contributed by atoms with Crippen molar-refractivity contribution < 1.29 is 0 Å². The lowest BCUT2D eigenvalue weighted by atomic mass is 10.1. The van der Waals surface area contributed by atoms with Crippen molar-refractivity contribution in [3.63, 3.8) is 0 Å². The number of anilines is 1. The molecule has 1 heterocycles. The molecule has 5 heteroatoms. The van der Waals surface area contributed by atoms with Crippen LogP contribution in [0.25, 0.3) is 0 Å². The second-order valence-electron chi connectivity index (χ2n) is 4.87. The zero-order valence-corrected chi connectivity index (χ0v) is 13.4. The van der Waals surface area contributed by atoms with Crippen LogP contribution in [-0.2, 0) is 19.4 Å². The number of nitrogens with zero attached hydrogens (tertiary/aromatic N) is 1. The number of halogens is 1. The molecule has 0 aliphatic heterocycles. The first kappa shape index (κ1) is 13.6. The molecule has 0 radical (unpaired) electrons. The van der Waals surface area contributed by atoms with Crippen LogP contribution in [0.15, 0.2) is 39.1 Å². The number of aliphatic imine (C=N–C) groups is 1. The fourth-order valence-corrected chi connectivity index (χ4v) is 3.84. The number of rotatable bonds is 3. The van der Waals surface area contributed by atoms with Crippen molar-refractivity contribution in [1.29, 1.82) is 0 Å². The van der Waals surface area contributed by atoms with Gasteiger partial charge in [-0.2, -0.15) is 0 Å². The number of thiophene rings is 1. The van der Waals surface area contributed by atoms with Crippen LogP contribution in [-0.4, -0.2) is 5.96 Å². The number of hydrogen-bond donors (Lipinski definition) is 2. The van der Waals surface area contributed by atoms with E-state index in [9.17, 15) is 0 Å². The predicted molar refractivity (Wildman–Crippen MR) is 89.4 cm³/mol. The van der Waals surface area contributed by atoms with E-state index in [1.54, 1.807) is 11.3 Å². The number of guanidine groups is 1. The average Bonchev–Trinajstić information content (AvgIpc) is 3.04. The Morgan fingerprint density at radius 2 is 2.10 bits per heavy atom. The average molecular weight is 350 g/mol. The van der Waals surface area contributed by atoms with Gasteiger partial charge in [-0.1, -0.05) is 6.07 Å². The van der Waals surface area contributed by atoms with E-state index < -0.39 is 0 Å². The first-order chi connectivity index (χ1) is 9.70. The Morgan fingerprint density at radius 1 is 1.25 bits per heavy atom. The Morgan fingerprint density at radius 3 is 2.90 bits per heavy atom. The van der Waals surface area contributed by atoms with Gasteiger partial charge in [0.05, 0.1) is 10.3 Å². The first-order valence-electron chi connectivity index (χ1n) is 6.64. The highest BCUT2D eigenvalue weighted by Gasteiger charge is 2.10. The molecule has 2 aromatic rings. The Labute approximate surface area is 131 Å². The van der Waals surface area contributed by atoms with E-state index in [0.717, 1.165) is 9.47 Å². The molecule has 0 unspecified atom stereocenters. The highest BCUT2D eigenvalue weighted by Crippen LogP contribution is 2.25. The van der Waals surface area contributed by atoms with Gasteiger partial charge in [-0.25, -0.2) is 4.99 Å². The fourth-order valence-electron chi connectivity index (χ4n) is 2.44. The van der Waals surface area contributed by atoms with Crippen LogP contribution < -0.4 is 11.1 Å². The zero-order chi connectivity index (χ0) is 13.9. The van der Waals surface area contributed by atoms with Gasteiger partial charge < -0.3 is 11.1 Å². The zero-order valence-electron chi connectivity index (χ0n) is 11.0. The van der Waals surface area contributed by atoms with Gasteiger partial charge >= 0.3 is 0 Å². The Hall–Kier alpha value is -1.33. The number of nitrogens with two attached hydrogens (primary N) is 1. The number of hydrogen-bond acceptors (Lipinski definition) is 2. The lowest BCUT2D eigenvalue weighted by Gasteiger charge is -2.07. The fraction of sp³-hybridized carbons (Fsp3) is 0.267. The van der Waals surface area contributed by atoms with E-state index in [2.05, 4.69) is 50.5 Å². The van der Waals surface area contributed by atoms with Gasteiger partial charge in [0.15, 0.2) is 5.96 Å². The minimum Gasteiger partial charge on any atom is -0.370 e. The third kappa shape index (κ3) is 3.22. The molecule has 0 bridgehead atoms. The number of fused-ring (bicyclic) bond motifs is 1. The molecule has 3 rings (SSSR count). The predicted octanol–water partition coefficient (Wildman–Crippen LogP) is 3.93. The largest absolute Gasteiger partial charge is 0.370 e. The standard InChI is InChI=1S/C15H16BrN3S/c16-14-7-6-13(20-14)9-18-15(17)19-12-5-4-10-2-1-3-11(10)8-12/h4-8H,1-3,9H2,(H3,17,18,19). The van der Waals surface area contributed by atoms with Gasteiger partial charge in [0.25, 0.3) is 0 Å². The number of benzene rings is 1. The monoisotopic (exact) mass is 349 g/mol. The van der Waals surface area contributed by atoms with E-state index >= 15 is 0 Å². The summed E-state index contributed by atoms with van der Waals surface area (Å²) in [6, 6.07) is 10.5. The van der Waals surface area contributed by atoms with Crippen LogP contribution in [0, 0.1) is 0 Å². The SMILES string of the molecule is NC(=NCc1ccc(Br)s1)Nc1ccc2c(c1)CCC2. The van der Waals surface area contributed by atoms with E-state index in [1.165, 1.54) is 35.3 Å². The van der Waals surface area contributed by atoms with E-state index in [1.807, 2.05) is 6.07 Å². The van der Waals surface area contributed by atoms with Crippen LogP contribution >= 0.6 is 27.3 Å². The molecule has 1 aromatic heterocycles. The van der Waals surface area contributed by atoms with Gasteiger partial charge in [0.1, 0.15) is 0 Å². The van der Waals surface area contributed by atoms with E-state index in [0.29, 0.717) is 12.5 Å². The first-order valence-corrected chi connectivity index (χ1v) is 8.24. The smallest absolute Gasteiger partial charge is 0.193 e. The Balaban J connectivity index is 1.64. The van der Waals surface area contributed by atoms with Crippen LogP contribution in [0.1, 0.15) is 22.4 Å². The van der Waals surface area contributed by atoms with E-state index in [-0.39, 0.29) is 0 Å². The number of aryl methyl sites for hydroxylation is 2. The molecule has 104 valence electrons. The molecular formula is C15H16BrN3S. The molecule has 1 aromatic carbocycles. The minimum absolute atomic E-state index is 0.465. The molecule has 0 saturated carbocycles. The molecule has 0 spiro atoms. The highest BCUT2D eigenvalue weighted by atomic mass is 79.9. The molecule has 0 fully saturated rings. The summed E-state index contributed by atoms with van der Waals surface area (Å²) in [4.78, 5) is 5.56. The van der Waals surface area contributed by atoms with Crippen molar-refractivity contribution in [2.75, 3.05) is 5.32 Å². The molecule has 3 nitrogen and oxygen atoms in total. The summed E-state index contributed by atoms with van der Waals surface area (Å²) < 4.78 is 1.12. The maximum Gasteiger partial charge on any atom is 0.193 e. The normalized spacial score (nSPS) is 14.3. The molecule has 1 aliphatic rings. The van der Waals surface area contributed by atoms with Crippen molar-refractivity contribution >= 4 is 38.9 Å². The highest BCUT2D eigenvalue weighted by molar-refractivity contribution is 9.11. The summed E-state index contributed by atoms with van der Waals surface area (Å²) in [5, 5.41) is 3.17. The lowest BCUT2D eigenvalue weighted by Crippen LogP contribution is -2.22. The van der Waals surface area contributed by atoms with E-state index in [4.69, 9.17) is 5.73 Å². The van der Waals surface area contributed by atoms with Crippen molar-refractivity contribution in [1.82, 2.24) is 0 Å². The third-order valence-corrected chi connectivity index (χ3v) is 5.01. The topological polar surface area (TPSA) is 50.4 Å². The molecule has 0 atom stereocenters. The molecule has 20 heavy (non-hydrogen) atoms. The van der Waals surface area contributed by atoms with Crippen LogP contribution in [0.2, 0.25) is 0 Å². The second-order valence-corrected chi connectivity index (χ2v) is 7.42. The third-order valence-electron chi connectivity index (χ3n) is 3.40. The quantitative estimate of drug-likeness (QED) is 0.651. The van der Waals surface area contributed by atoms with Crippen LogP contribution in [0.5, 0.6) is 0 Å². The maximum atomic E-state index is 5.94. The maximum absolute atomic E-state index is 5.94. The summed E-state index contributed by atoms with van der Waals surface area (Å²) in [5.74, 6) is 0.465.